The lowest BCUT2D eigenvalue weighted by atomic mass is 9.74. The highest BCUT2D eigenvalue weighted by molar-refractivity contribution is 4.74. The molecule has 0 aliphatic rings. The molecule has 0 amide bonds. The molecule has 1 N–H and O–H groups in total. The van der Waals surface area contributed by atoms with Crippen molar-refractivity contribution in [1.82, 2.24) is 0 Å². The standard InChI is InChI=1S/C13H28O/c1-6-10(3)12(5)13(7-2)11(4)8-9-14/h10-14H,6-9H2,1-5H3. The smallest absolute Gasteiger partial charge is 0.0433 e. The summed E-state index contributed by atoms with van der Waals surface area (Å²) in [6.45, 7) is 11.9. The van der Waals surface area contributed by atoms with Gasteiger partial charge in [-0.15, -0.1) is 0 Å². The topological polar surface area (TPSA) is 20.2 Å². The maximum absolute atomic E-state index is 8.96. The van der Waals surface area contributed by atoms with Gasteiger partial charge in [0.05, 0.1) is 0 Å². The first kappa shape index (κ1) is 14.0. The Morgan fingerprint density at radius 3 is 1.86 bits per heavy atom. The fraction of sp³-hybridized carbons (Fsp3) is 1.00. The summed E-state index contributed by atoms with van der Waals surface area (Å²) in [7, 11) is 0. The number of hydrogen-bond acceptors (Lipinski definition) is 1. The Balaban J connectivity index is 4.23. The summed E-state index contributed by atoms with van der Waals surface area (Å²) in [6.07, 6.45) is 3.47. The van der Waals surface area contributed by atoms with Crippen LogP contribution in [0.15, 0.2) is 0 Å². The van der Waals surface area contributed by atoms with Gasteiger partial charge in [0.25, 0.3) is 0 Å². The van der Waals surface area contributed by atoms with Crippen LogP contribution in [0.3, 0.4) is 0 Å². The third-order valence-electron chi connectivity index (χ3n) is 4.00. The van der Waals surface area contributed by atoms with E-state index < -0.39 is 0 Å². The van der Waals surface area contributed by atoms with Crippen LogP contribution in [-0.4, -0.2) is 11.7 Å². The summed E-state index contributed by atoms with van der Waals surface area (Å²) in [5.41, 5.74) is 0. The monoisotopic (exact) mass is 200 g/mol. The Labute approximate surface area is 89.9 Å². The maximum Gasteiger partial charge on any atom is 0.0433 e. The van der Waals surface area contributed by atoms with Gasteiger partial charge < -0.3 is 5.11 Å². The number of aliphatic hydroxyl groups is 1. The van der Waals surface area contributed by atoms with Crippen LogP contribution in [0.4, 0.5) is 0 Å². The fourth-order valence-corrected chi connectivity index (χ4v) is 2.50. The second-order valence-corrected chi connectivity index (χ2v) is 4.81. The molecule has 0 bridgehead atoms. The zero-order chi connectivity index (χ0) is 11.1. The van der Waals surface area contributed by atoms with Crippen LogP contribution in [-0.2, 0) is 0 Å². The minimum atomic E-state index is 0.338. The summed E-state index contributed by atoms with van der Waals surface area (Å²) in [6, 6.07) is 0. The van der Waals surface area contributed by atoms with Crippen molar-refractivity contribution in [1.29, 1.82) is 0 Å². The molecule has 1 heteroatoms. The summed E-state index contributed by atoms with van der Waals surface area (Å²) in [5.74, 6) is 3.03. The molecule has 14 heavy (non-hydrogen) atoms. The Morgan fingerprint density at radius 2 is 1.50 bits per heavy atom. The molecular weight excluding hydrogens is 172 g/mol. The molecule has 0 aliphatic carbocycles. The third-order valence-corrected chi connectivity index (χ3v) is 4.00. The van der Waals surface area contributed by atoms with E-state index in [0.717, 1.165) is 24.2 Å². The first-order valence-corrected chi connectivity index (χ1v) is 6.19. The van der Waals surface area contributed by atoms with E-state index in [1.54, 1.807) is 0 Å². The molecule has 0 saturated carbocycles. The Morgan fingerprint density at radius 1 is 0.929 bits per heavy atom. The van der Waals surface area contributed by atoms with Crippen LogP contribution in [0.5, 0.6) is 0 Å². The summed E-state index contributed by atoms with van der Waals surface area (Å²) >= 11 is 0. The van der Waals surface area contributed by atoms with Gasteiger partial charge in [-0.2, -0.15) is 0 Å². The summed E-state index contributed by atoms with van der Waals surface area (Å²) in [5, 5.41) is 8.96. The Bertz CT molecular complexity index is 133. The van der Waals surface area contributed by atoms with Crippen LogP contribution < -0.4 is 0 Å². The van der Waals surface area contributed by atoms with Gasteiger partial charge >= 0.3 is 0 Å². The molecule has 4 atom stereocenters. The van der Waals surface area contributed by atoms with E-state index in [0.29, 0.717) is 12.5 Å². The lowest BCUT2D eigenvalue weighted by Crippen LogP contribution is -2.24. The van der Waals surface area contributed by atoms with E-state index in [9.17, 15) is 0 Å². The van der Waals surface area contributed by atoms with Crippen molar-refractivity contribution < 1.29 is 5.11 Å². The molecule has 0 radical (unpaired) electrons. The minimum Gasteiger partial charge on any atom is -0.396 e. The highest BCUT2D eigenvalue weighted by Crippen LogP contribution is 2.32. The minimum absolute atomic E-state index is 0.338. The number of hydrogen-bond donors (Lipinski definition) is 1. The third kappa shape index (κ3) is 4.00. The molecule has 0 fully saturated rings. The SMILES string of the molecule is CCC(C)C(C)C(CC)C(C)CCO. The van der Waals surface area contributed by atoms with Crippen LogP contribution in [0.25, 0.3) is 0 Å². The van der Waals surface area contributed by atoms with Gasteiger partial charge in [-0.1, -0.05) is 47.5 Å². The number of rotatable bonds is 7. The molecule has 86 valence electrons. The second-order valence-electron chi connectivity index (χ2n) is 4.81. The van der Waals surface area contributed by atoms with Crippen molar-refractivity contribution in [3.8, 4) is 0 Å². The van der Waals surface area contributed by atoms with Gasteiger partial charge in [0.1, 0.15) is 0 Å². The van der Waals surface area contributed by atoms with Crippen LogP contribution >= 0.6 is 0 Å². The van der Waals surface area contributed by atoms with Crippen LogP contribution in [0, 0.1) is 23.7 Å². The molecule has 0 rings (SSSR count). The molecule has 0 saturated heterocycles. The quantitative estimate of drug-likeness (QED) is 0.664. The van der Waals surface area contributed by atoms with Crippen molar-refractivity contribution in [2.24, 2.45) is 23.7 Å². The van der Waals surface area contributed by atoms with Crippen molar-refractivity contribution in [2.45, 2.75) is 53.9 Å². The molecule has 0 heterocycles. The lowest BCUT2D eigenvalue weighted by molar-refractivity contribution is 0.154. The molecule has 4 unspecified atom stereocenters. The molecule has 0 aromatic rings. The van der Waals surface area contributed by atoms with Gasteiger partial charge in [-0.05, 0) is 30.1 Å². The summed E-state index contributed by atoms with van der Waals surface area (Å²) in [4.78, 5) is 0. The highest BCUT2D eigenvalue weighted by Gasteiger charge is 2.24. The first-order valence-electron chi connectivity index (χ1n) is 6.19. The Kier molecular flexibility index (Phi) is 7.26. The van der Waals surface area contributed by atoms with Crippen LogP contribution in [0.1, 0.15) is 53.9 Å². The average Bonchev–Trinajstić information content (AvgIpc) is 2.18. The molecule has 0 spiro atoms. The molecule has 0 aliphatic heterocycles. The highest BCUT2D eigenvalue weighted by atomic mass is 16.3. The first-order chi connectivity index (χ1) is 6.58. The van der Waals surface area contributed by atoms with Gasteiger partial charge in [0, 0.05) is 6.61 Å². The van der Waals surface area contributed by atoms with E-state index in [-0.39, 0.29) is 0 Å². The maximum atomic E-state index is 8.96. The Hall–Kier alpha value is -0.0400. The predicted molar refractivity (Wildman–Crippen MR) is 63.3 cm³/mol. The van der Waals surface area contributed by atoms with Crippen molar-refractivity contribution in [2.75, 3.05) is 6.61 Å². The van der Waals surface area contributed by atoms with Gasteiger partial charge in [0.2, 0.25) is 0 Å². The largest absolute Gasteiger partial charge is 0.396 e. The van der Waals surface area contributed by atoms with Crippen LogP contribution in [0.2, 0.25) is 0 Å². The fourth-order valence-electron chi connectivity index (χ4n) is 2.50. The van der Waals surface area contributed by atoms with Crippen molar-refractivity contribution in [3.63, 3.8) is 0 Å². The normalized spacial score (nSPS) is 20.1. The lowest BCUT2D eigenvalue weighted by Gasteiger charge is -2.32. The molecular formula is C13H28O. The van der Waals surface area contributed by atoms with E-state index in [2.05, 4.69) is 34.6 Å². The second kappa shape index (κ2) is 7.28. The van der Waals surface area contributed by atoms with Gasteiger partial charge in [-0.3, -0.25) is 0 Å². The summed E-state index contributed by atoms with van der Waals surface area (Å²) < 4.78 is 0. The van der Waals surface area contributed by atoms with Gasteiger partial charge in [-0.25, -0.2) is 0 Å². The molecule has 0 aromatic heterocycles. The number of aliphatic hydroxyl groups excluding tert-OH is 1. The van der Waals surface area contributed by atoms with Crippen molar-refractivity contribution >= 4 is 0 Å². The van der Waals surface area contributed by atoms with E-state index in [4.69, 9.17) is 5.11 Å². The van der Waals surface area contributed by atoms with Crippen molar-refractivity contribution in [3.05, 3.63) is 0 Å². The molecule has 0 aromatic carbocycles. The van der Waals surface area contributed by atoms with Gasteiger partial charge in [0.15, 0.2) is 0 Å². The van der Waals surface area contributed by atoms with E-state index in [1.165, 1.54) is 12.8 Å². The van der Waals surface area contributed by atoms with E-state index >= 15 is 0 Å². The predicted octanol–water partition coefficient (Wildman–Crippen LogP) is 3.71. The zero-order valence-electron chi connectivity index (χ0n) is 10.6. The zero-order valence-corrected chi connectivity index (χ0v) is 10.6. The van der Waals surface area contributed by atoms with E-state index in [1.807, 2.05) is 0 Å². The molecule has 1 nitrogen and oxygen atoms in total. The average molecular weight is 200 g/mol.